The van der Waals surface area contributed by atoms with Crippen molar-refractivity contribution in [1.82, 2.24) is 15.2 Å². The molecule has 3 N–H and O–H groups in total. The number of hydrogen-bond acceptors (Lipinski definition) is 4. The van der Waals surface area contributed by atoms with Gasteiger partial charge in [-0.3, -0.25) is 9.89 Å². The zero-order valence-electron chi connectivity index (χ0n) is 10.6. The van der Waals surface area contributed by atoms with Gasteiger partial charge in [-0.05, 0) is 19.1 Å². The molecule has 0 atom stereocenters. The lowest BCUT2D eigenvalue weighted by Gasteiger charge is -2.05. The van der Waals surface area contributed by atoms with Crippen LogP contribution in [-0.4, -0.2) is 21.0 Å². The Hall–Kier alpha value is -2.40. The molecule has 0 unspecified atom stereocenters. The molecule has 3 rings (SSSR count). The van der Waals surface area contributed by atoms with Crippen LogP contribution in [0, 0.1) is 6.92 Å². The van der Waals surface area contributed by atoms with Crippen LogP contribution in [0.5, 0.6) is 0 Å². The van der Waals surface area contributed by atoms with Gasteiger partial charge in [-0.15, -0.1) is 0 Å². The lowest BCUT2D eigenvalue weighted by atomic mass is 10.0. The molecule has 0 saturated carbocycles. The lowest BCUT2D eigenvalue weighted by Crippen LogP contribution is -2.08. The highest BCUT2D eigenvalue weighted by Gasteiger charge is 2.18. The molecule has 0 bridgehead atoms. The van der Waals surface area contributed by atoms with E-state index in [1.54, 1.807) is 12.1 Å². The van der Waals surface area contributed by atoms with E-state index in [0.717, 1.165) is 16.6 Å². The highest BCUT2D eigenvalue weighted by Crippen LogP contribution is 2.24. The van der Waals surface area contributed by atoms with Gasteiger partial charge in [-0.25, -0.2) is 4.98 Å². The summed E-state index contributed by atoms with van der Waals surface area (Å²) in [6.07, 6.45) is 1.41. The second-order valence-electron chi connectivity index (χ2n) is 4.47. The number of carbonyl (C=O) groups is 1. The molecule has 2 aromatic heterocycles. The number of benzene rings is 1. The fraction of sp³-hybridized carbons (Fsp3) is 0.0714. The van der Waals surface area contributed by atoms with E-state index in [9.17, 15) is 4.79 Å². The van der Waals surface area contributed by atoms with E-state index < -0.39 is 0 Å². The summed E-state index contributed by atoms with van der Waals surface area (Å²) >= 11 is 5.80. The molecule has 0 amide bonds. The Balaban J connectivity index is 2.20. The highest BCUT2D eigenvalue weighted by atomic mass is 35.5. The Labute approximate surface area is 119 Å². The van der Waals surface area contributed by atoms with Gasteiger partial charge in [-0.2, -0.15) is 5.10 Å². The Morgan fingerprint density at radius 3 is 2.95 bits per heavy atom. The van der Waals surface area contributed by atoms with Gasteiger partial charge in [0.1, 0.15) is 5.69 Å². The van der Waals surface area contributed by atoms with E-state index in [1.165, 1.54) is 12.3 Å². The molecule has 3 aromatic rings. The number of fused-ring (bicyclic) bond motifs is 1. The minimum absolute atomic E-state index is 0.197. The van der Waals surface area contributed by atoms with Gasteiger partial charge < -0.3 is 5.73 Å². The van der Waals surface area contributed by atoms with E-state index in [4.69, 9.17) is 17.3 Å². The number of aromatic nitrogens is 3. The normalized spacial score (nSPS) is 10.9. The Morgan fingerprint density at radius 2 is 2.20 bits per heavy atom. The van der Waals surface area contributed by atoms with Crippen LogP contribution in [0.2, 0.25) is 5.02 Å². The summed E-state index contributed by atoms with van der Waals surface area (Å²) < 4.78 is 0. The number of rotatable bonds is 2. The van der Waals surface area contributed by atoms with Crippen molar-refractivity contribution >= 4 is 34.0 Å². The molecular weight excluding hydrogens is 276 g/mol. The van der Waals surface area contributed by atoms with Crippen molar-refractivity contribution in [2.24, 2.45) is 0 Å². The third-order valence-electron chi connectivity index (χ3n) is 3.11. The number of aromatic amines is 1. The Kier molecular flexibility index (Phi) is 2.91. The first-order chi connectivity index (χ1) is 9.58. The molecule has 0 aliphatic heterocycles. The number of ketones is 1. The summed E-state index contributed by atoms with van der Waals surface area (Å²) in [4.78, 5) is 16.7. The number of nitrogens with zero attached hydrogens (tertiary/aromatic N) is 2. The van der Waals surface area contributed by atoms with Crippen LogP contribution >= 0.6 is 11.6 Å². The molecule has 0 saturated heterocycles. The smallest absolute Gasteiger partial charge is 0.214 e. The van der Waals surface area contributed by atoms with Crippen LogP contribution in [0.15, 0.2) is 30.5 Å². The summed E-state index contributed by atoms with van der Waals surface area (Å²) in [6.45, 7) is 1.87. The van der Waals surface area contributed by atoms with Gasteiger partial charge in [0.05, 0.1) is 16.2 Å². The molecule has 0 fully saturated rings. The molecule has 5 nitrogen and oxygen atoms in total. The van der Waals surface area contributed by atoms with Crippen molar-refractivity contribution < 1.29 is 4.79 Å². The van der Waals surface area contributed by atoms with Gasteiger partial charge >= 0.3 is 0 Å². The maximum Gasteiger partial charge on any atom is 0.214 e. The average Bonchev–Trinajstić information content (AvgIpc) is 2.80. The van der Waals surface area contributed by atoms with E-state index in [1.807, 2.05) is 13.0 Å². The number of carbonyl (C=O) groups excluding carboxylic acids is 1. The summed E-state index contributed by atoms with van der Waals surface area (Å²) in [5, 5.41) is 8.20. The number of anilines is 1. The molecule has 0 aliphatic carbocycles. The van der Waals surface area contributed by atoms with E-state index >= 15 is 0 Å². The van der Waals surface area contributed by atoms with E-state index in [-0.39, 0.29) is 17.2 Å². The number of halogens is 1. The molecule has 2 heterocycles. The number of aryl methyl sites for hydroxylation is 1. The predicted octanol–water partition coefficient (Wildman–Crippen LogP) is 2.73. The van der Waals surface area contributed by atoms with Crippen LogP contribution < -0.4 is 5.73 Å². The molecule has 20 heavy (non-hydrogen) atoms. The fourth-order valence-electron chi connectivity index (χ4n) is 2.19. The zero-order chi connectivity index (χ0) is 14.3. The quantitative estimate of drug-likeness (QED) is 0.709. The standard InChI is InChI=1S/C14H11ClN4O/c1-7-12-9(3-2-4-11(12)19-18-7)14(20)13-10(16)5-8(15)6-17-13/h2-6H,16H2,1H3,(H,18,19). The van der Waals surface area contributed by atoms with Crippen molar-refractivity contribution in [1.29, 1.82) is 0 Å². The molecule has 0 spiro atoms. The monoisotopic (exact) mass is 286 g/mol. The maximum absolute atomic E-state index is 12.6. The van der Waals surface area contributed by atoms with Crippen LogP contribution in [-0.2, 0) is 0 Å². The fourth-order valence-corrected chi connectivity index (χ4v) is 2.36. The Bertz CT molecular complexity index is 825. The van der Waals surface area contributed by atoms with Crippen molar-refractivity contribution in [3.8, 4) is 0 Å². The van der Waals surface area contributed by atoms with Gasteiger partial charge in [0.25, 0.3) is 0 Å². The molecule has 6 heteroatoms. The van der Waals surface area contributed by atoms with Crippen LogP contribution in [0.4, 0.5) is 5.69 Å². The molecule has 1 aromatic carbocycles. The van der Waals surface area contributed by atoms with Gasteiger partial charge in [-0.1, -0.05) is 23.7 Å². The molecule has 100 valence electrons. The second-order valence-corrected chi connectivity index (χ2v) is 4.91. The SMILES string of the molecule is Cc1[nH]nc2cccc(C(=O)c3ncc(Cl)cc3N)c12. The minimum atomic E-state index is -0.241. The average molecular weight is 287 g/mol. The van der Waals surface area contributed by atoms with Gasteiger partial charge in [0.2, 0.25) is 5.78 Å². The van der Waals surface area contributed by atoms with E-state index in [2.05, 4.69) is 15.2 Å². The summed E-state index contributed by atoms with van der Waals surface area (Å²) in [7, 11) is 0. The number of nitrogens with one attached hydrogen (secondary N) is 1. The van der Waals surface area contributed by atoms with Crippen molar-refractivity contribution in [2.75, 3.05) is 5.73 Å². The van der Waals surface area contributed by atoms with Crippen LogP contribution in [0.1, 0.15) is 21.7 Å². The van der Waals surface area contributed by atoms with Crippen LogP contribution in [0.25, 0.3) is 10.9 Å². The second kappa shape index (κ2) is 4.61. The Morgan fingerprint density at radius 1 is 1.40 bits per heavy atom. The molecule has 0 aliphatic rings. The first kappa shape index (κ1) is 12.6. The van der Waals surface area contributed by atoms with Crippen molar-refractivity contribution in [3.05, 3.63) is 52.4 Å². The number of H-pyrrole nitrogens is 1. The largest absolute Gasteiger partial charge is 0.397 e. The van der Waals surface area contributed by atoms with E-state index in [0.29, 0.717) is 10.6 Å². The number of nitrogen functional groups attached to an aromatic ring is 1. The summed E-state index contributed by atoms with van der Waals surface area (Å²) in [5.41, 5.74) is 8.38. The first-order valence-electron chi connectivity index (χ1n) is 5.97. The van der Waals surface area contributed by atoms with Crippen LogP contribution in [0.3, 0.4) is 0 Å². The molecule has 0 radical (unpaired) electrons. The predicted molar refractivity (Wildman–Crippen MR) is 77.9 cm³/mol. The summed E-state index contributed by atoms with van der Waals surface area (Å²) in [6, 6.07) is 6.88. The lowest BCUT2D eigenvalue weighted by molar-refractivity contribution is 0.103. The zero-order valence-corrected chi connectivity index (χ0v) is 11.4. The van der Waals surface area contributed by atoms with Crippen molar-refractivity contribution in [2.45, 2.75) is 6.92 Å². The number of nitrogens with two attached hydrogens (primary N) is 1. The number of pyridine rings is 1. The third kappa shape index (κ3) is 1.92. The number of hydrogen-bond donors (Lipinski definition) is 2. The van der Waals surface area contributed by atoms with Gasteiger partial charge in [0, 0.05) is 22.8 Å². The van der Waals surface area contributed by atoms with Gasteiger partial charge in [0.15, 0.2) is 0 Å². The highest BCUT2D eigenvalue weighted by molar-refractivity contribution is 6.31. The maximum atomic E-state index is 12.6. The first-order valence-corrected chi connectivity index (χ1v) is 6.35. The molecular formula is C14H11ClN4O. The minimum Gasteiger partial charge on any atom is -0.397 e. The topological polar surface area (TPSA) is 84.7 Å². The summed E-state index contributed by atoms with van der Waals surface area (Å²) in [5.74, 6) is -0.241. The van der Waals surface area contributed by atoms with Crippen molar-refractivity contribution in [3.63, 3.8) is 0 Å². The third-order valence-corrected chi connectivity index (χ3v) is 3.31.